The summed E-state index contributed by atoms with van der Waals surface area (Å²) < 4.78 is 0. The van der Waals surface area contributed by atoms with Gasteiger partial charge in [-0.2, -0.15) is 0 Å². The van der Waals surface area contributed by atoms with E-state index in [-0.39, 0.29) is 12.2 Å². The Labute approximate surface area is 161 Å². The number of benzene rings is 2. The van der Waals surface area contributed by atoms with Crippen molar-refractivity contribution in [2.24, 2.45) is 0 Å². The van der Waals surface area contributed by atoms with Crippen LogP contribution in [0.2, 0.25) is 0 Å². The molecule has 28 heavy (non-hydrogen) atoms. The molecule has 1 amide bonds. The Bertz CT molecular complexity index is 970. The predicted molar refractivity (Wildman–Crippen MR) is 103 cm³/mol. The summed E-state index contributed by atoms with van der Waals surface area (Å²) in [6, 6.07) is 17.6. The minimum absolute atomic E-state index is 0.103. The number of nitrogens with zero attached hydrogens (tertiary/aromatic N) is 1. The number of rotatable bonds is 7. The molecule has 3 aromatic rings. The average Bonchev–Trinajstić information content (AvgIpc) is 2.74. The second kappa shape index (κ2) is 8.73. The lowest BCUT2D eigenvalue weighted by atomic mass is 9.99. The van der Waals surface area contributed by atoms with Crippen molar-refractivity contribution in [2.45, 2.75) is 12.5 Å². The van der Waals surface area contributed by atoms with Gasteiger partial charge in [-0.25, -0.2) is 4.79 Å². The summed E-state index contributed by atoms with van der Waals surface area (Å²) in [6.07, 6.45) is 3.03. The van der Waals surface area contributed by atoms with Crippen LogP contribution in [0, 0.1) is 0 Å². The van der Waals surface area contributed by atoms with Gasteiger partial charge in [0.2, 0.25) is 0 Å². The molecule has 0 unspecified atom stereocenters. The summed E-state index contributed by atoms with van der Waals surface area (Å²) in [5.74, 6) is -1.72. The number of aromatic nitrogens is 1. The van der Waals surface area contributed by atoms with Crippen molar-refractivity contribution in [1.29, 1.82) is 0 Å². The first-order valence-corrected chi connectivity index (χ1v) is 8.67. The van der Waals surface area contributed by atoms with Gasteiger partial charge in [-0.1, -0.05) is 54.6 Å². The van der Waals surface area contributed by atoms with Crippen molar-refractivity contribution in [3.63, 3.8) is 0 Å². The van der Waals surface area contributed by atoms with Gasteiger partial charge in [-0.15, -0.1) is 0 Å². The molecule has 0 radical (unpaired) electrons. The van der Waals surface area contributed by atoms with Crippen molar-refractivity contribution >= 4 is 17.7 Å². The number of aliphatic carboxylic acids is 1. The summed E-state index contributed by atoms with van der Waals surface area (Å²) in [5, 5.41) is 12.0. The van der Waals surface area contributed by atoms with Crippen LogP contribution in [0.25, 0.3) is 0 Å². The molecule has 1 atom stereocenters. The summed E-state index contributed by atoms with van der Waals surface area (Å²) in [7, 11) is 0. The van der Waals surface area contributed by atoms with Crippen molar-refractivity contribution < 1.29 is 19.5 Å². The number of carboxylic acid groups (broad SMARTS) is 1. The van der Waals surface area contributed by atoms with E-state index >= 15 is 0 Å². The Balaban J connectivity index is 1.69. The van der Waals surface area contributed by atoms with Crippen molar-refractivity contribution in [2.75, 3.05) is 0 Å². The van der Waals surface area contributed by atoms with E-state index in [1.54, 1.807) is 48.5 Å². The lowest BCUT2D eigenvalue weighted by Gasteiger charge is -2.15. The zero-order valence-corrected chi connectivity index (χ0v) is 14.9. The van der Waals surface area contributed by atoms with Crippen LogP contribution in [-0.2, 0) is 11.2 Å². The number of amides is 1. The maximum absolute atomic E-state index is 12.4. The Kier molecular flexibility index (Phi) is 5.91. The molecule has 140 valence electrons. The van der Waals surface area contributed by atoms with Gasteiger partial charge in [-0.3, -0.25) is 14.6 Å². The molecule has 0 saturated carbocycles. The Morgan fingerprint density at radius 2 is 1.43 bits per heavy atom. The van der Waals surface area contributed by atoms with Gasteiger partial charge >= 0.3 is 5.97 Å². The zero-order valence-electron chi connectivity index (χ0n) is 14.9. The molecule has 6 nitrogen and oxygen atoms in total. The lowest BCUT2D eigenvalue weighted by molar-refractivity contribution is -0.139. The lowest BCUT2D eigenvalue weighted by Crippen LogP contribution is -2.42. The molecular weight excluding hydrogens is 356 g/mol. The topological polar surface area (TPSA) is 96.4 Å². The summed E-state index contributed by atoms with van der Waals surface area (Å²) in [5.41, 5.74) is 2.14. The normalized spacial score (nSPS) is 11.4. The number of hydrogen-bond donors (Lipinski definition) is 2. The summed E-state index contributed by atoms with van der Waals surface area (Å²) >= 11 is 0. The largest absolute Gasteiger partial charge is 0.480 e. The molecule has 0 bridgehead atoms. The molecule has 0 aliphatic carbocycles. The maximum Gasteiger partial charge on any atom is 0.326 e. The van der Waals surface area contributed by atoms with Crippen LogP contribution in [0.15, 0.2) is 79.1 Å². The zero-order chi connectivity index (χ0) is 19.9. The standard InChI is InChI=1S/C22H18N2O4/c25-20(16-4-2-1-3-5-16)17-8-6-15(7-9-17)14-19(22(27)28)24-21(26)18-10-12-23-13-11-18/h1-13,19H,14H2,(H,24,26)(H,27,28)/t19-/m1/s1. The third kappa shape index (κ3) is 4.67. The SMILES string of the molecule is O=C(N[C@H](Cc1ccc(C(=O)c2ccccc2)cc1)C(=O)O)c1ccncc1. The molecular formula is C22H18N2O4. The summed E-state index contributed by atoms with van der Waals surface area (Å²) in [4.78, 5) is 40.0. The van der Waals surface area contributed by atoms with Gasteiger partial charge in [-0.05, 0) is 17.7 Å². The van der Waals surface area contributed by atoms with Crippen LogP contribution in [0.4, 0.5) is 0 Å². The molecule has 0 aliphatic heterocycles. The van der Waals surface area contributed by atoms with E-state index in [2.05, 4.69) is 10.3 Å². The average molecular weight is 374 g/mol. The quantitative estimate of drug-likeness (QED) is 0.620. The maximum atomic E-state index is 12.4. The smallest absolute Gasteiger partial charge is 0.326 e. The van der Waals surface area contributed by atoms with Crippen LogP contribution in [-0.4, -0.2) is 33.8 Å². The van der Waals surface area contributed by atoms with E-state index in [4.69, 9.17) is 0 Å². The first-order chi connectivity index (χ1) is 13.5. The molecule has 0 spiro atoms. The van der Waals surface area contributed by atoms with Gasteiger partial charge in [0.1, 0.15) is 6.04 Å². The molecule has 0 aliphatic rings. The first kappa shape index (κ1) is 19.0. The molecule has 1 aromatic heterocycles. The molecule has 3 rings (SSSR count). The van der Waals surface area contributed by atoms with Gasteiger partial charge in [0, 0.05) is 35.5 Å². The van der Waals surface area contributed by atoms with E-state index in [0.29, 0.717) is 22.3 Å². The minimum Gasteiger partial charge on any atom is -0.480 e. The van der Waals surface area contributed by atoms with Crippen LogP contribution >= 0.6 is 0 Å². The molecule has 0 fully saturated rings. The van der Waals surface area contributed by atoms with Crippen molar-refractivity contribution in [3.8, 4) is 0 Å². The Morgan fingerprint density at radius 3 is 2.04 bits per heavy atom. The van der Waals surface area contributed by atoms with Crippen LogP contribution < -0.4 is 5.32 Å². The second-order valence-electron chi connectivity index (χ2n) is 6.20. The second-order valence-corrected chi connectivity index (χ2v) is 6.20. The van der Waals surface area contributed by atoms with Crippen molar-refractivity contribution in [3.05, 3.63) is 101 Å². The number of pyridine rings is 1. The molecule has 6 heteroatoms. The predicted octanol–water partition coefficient (Wildman–Crippen LogP) is 2.74. The van der Waals surface area contributed by atoms with Crippen LogP contribution in [0.3, 0.4) is 0 Å². The third-order valence-electron chi connectivity index (χ3n) is 4.24. The molecule has 1 heterocycles. The van der Waals surface area contributed by atoms with Crippen LogP contribution in [0.1, 0.15) is 31.8 Å². The van der Waals surface area contributed by atoms with Gasteiger partial charge in [0.05, 0.1) is 0 Å². The fourth-order valence-corrected chi connectivity index (χ4v) is 2.73. The van der Waals surface area contributed by atoms with Gasteiger partial charge in [0.15, 0.2) is 5.78 Å². The van der Waals surface area contributed by atoms with E-state index in [9.17, 15) is 19.5 Å². The molecule has 0 saturated heterocycles. The number of carbonyl (C=O) groups is 3. The van der Waals surface area contributed by atoms with Gasteiger partial charge < -0.3 is 10.4 Å². The highest BCUT2D eigenvalue weighted by Crippen LogP contribution is 2.13. The monoisotopic (exact) mass is 374 g/mol. The fourth-order valence-electron chi connectivity index (χ4n) is 2.73. The molecule has 2 aromatic carbocycles. The number of nitrogens with one attached hydrogen (secondary N) is 1. The highest BCUT2D eigenvalue weighted by molar-refractivity contribution is 6.08. The number of ketones is 1. The number of carbonyl (C=O) groups excluding carboxylic acids is 2. The van der Waals surface area contributed by atoms with E-state index in [0.717, 1.165) is 0 Å². The van der Waals surface area contributed by atoms with Gasteiger partial charge in [0.25, 0.3) is 5.91 Å². The summed E-state index contributed by atoms with van der Waals surface area (Å²) in [6.45, 7) is 0. The van der Waals surface area contributed by atoms with Crippen molar-refractivity contribution in [1.82, 2.24) is 10.3 Å². The fraction of sp³-hybridized carbons (Fsp3) is 0.0909. The number of carboxylic acids is 1. The first-order valence-electron chi connectivity index (χ1n) is 8.67. The Morgan fingerprint density at radius 1 is 0.821 bits per heavy atom. The molecule has 2 N–H and O–H groups in total. The van der Waals surface area contributed by atoms with E-state index < -0.39 is 17.9 Å². The minimum atomic E-state index is -1.13. The van der Waals surface area contributed by atoms with E-state index in [1.807, 2.05) is 6.07 Å². The Hall–Kier alpha value is -3.80. The third-order valence-corrected chi connectivity index (χ3v) is 4.24. The van der Waals surface area contributed by atoms with E-state index in [1.165, 1.54) is 24.5 Å². The van der Waals surface area contributed by atoms with Crippen LogP contribution in [0.5, 0.6) is 0 Å². The number of hydrogen-bond acceptors (Lipinski definition) is 4. The highest BCUT2D eigenvalue weighted by Gasteiger charge is 2.21. The highest BCUT2D eigenvalue weighted by atomic mass is 16.4.